The Morgan fingerprint density at radius 1 is 1.09 bits per heavy atom. The zero-order valence-corrected chi connectivity index (χ0v) is 15.6. The van der Waals surface area contributed by atoms with E-state index in [-0.39, 0.29) is 17.8 Å². The van der Waals surface area contributed by atoms with Crippen LogP contribution in [0.3, 0.4) is 0 Å². The van der Waals surface area contributed by atoms with Crippen LogP contribution in [-0.4, -0.2) is 23.7 Å². The molecule has 1 fully saturated rings. The van der Waals surface area contributed by atoms with E-state index in [1.54, 1.807) is 0 Å². The molecule has 2 bridgehead atoms. The van der Waals surface area contributed by atoms with Gasteiger partial charge in [0.25, 0.3) is 0 Å². The van der Waals surface area contributed by atoms with Gasteiger partial charge >= 0.3 is 7.60 Å². The van der Waals surface area contributed by atoms with Crippen LogP contribution in [0.2, 0.25) is 0 Å². The largest absolute Gasteiger partial charge is 0.377 e. The molecule has 0 saturated heterocycles. The highest BCUT2D eigenvalue weighted by atomic mass is 31.2. The van der Waals surface area contributed by atoms with E-state index in [2.05, 4.69) is 6.92 Å². The lowest BCUT2D eigenvalue weighted by Crippen LogP contribution is -2.55. The molecule has 3 rings (SSSR count). The third-order valence-corrected chi connectivity index (χ3v) is 8.95. The van der Waals surface area contributed by atoms with Crippen LogP contribution in [0.25, 0.3) is 0 Å². The minimum atomic E-state index is -3.56. The first-order valence-electron chi connectivity index (χ1n) is 9.33. The predicted molar refractivity (Wildman–Crippen MR) is 91.3 cm³/mol. The Balaban J connectivity index is 2.11. The summed E-state index contributed by atoms with van der Waals surface area (Å²) >= 11 is 0. The molecule has 1 saturated carbocycles. The van der Waals surface area contributed by atoms with Crippen LogP contribution in [0.15, 0.2) is 11.1 Å². The van der Waals surface area contributed by atoms with Crippen molar-refractivity contribution in [3.63, 3.8) is 0 Å². The second-order valence-corrected chi connectivity index (χ2v) is 9.48. The maximum absolute atomic E-state index is 13.6. The summed E-state index contributed by atoms with van der Waals surface area (Å²) in [5.74, 6) is 0.222. The van der Waals surface area contributed by atoms with Gasteiger partial charge in [-0.15, -0.1) is 0 Å². The number of hydrogen-bond donors (Lipinski definition) is 1. The van der Waals surface area contributed by atoms with Gasteiger partial charge in [0, 0.05) is 11.8 Å². The molecule has 4 atom stereocenters. The highest BCUT2D eigenvalue weighted by molar-refractivity contribution is 7.55. The SMILES string of the molecule is CCOP(=O)(OCC)[C@]1(O)[C@H]2CCC[C@H]1[C@@H](C)C1=C2CCCC1. The molecule has 0 radical (unpaired) electrons. The van der Waals surface area contributed by atoms with Crippen molar-refractivity contribution in [1.82, 2.24) is 0 Å². The van der Waals surface area contributed by atoms with Gasteiger partial charge in [0.1, 0.15) is 0 Å². The predicted octanol–water partition coefficient (Wildman–Crippen LogP) is 4.88. The monoisotopic (exact) mass is 342 g/mol. The first-order valence-corrected chi connectivity index (χ1v) is 10.9. The zero-order chi connectivity index (χ0) is 16.7. The van der Waals surface area contributed by atoms with Gasteiger partial charge < -0.3 is 14.2 Å². The molecular weight excluding hydrogens is 311 g/mol. The molecule has 3 aliphatic rings. The maximum atomic E-state index is 13.6. The van der Waals surface area contributed by atoms with E-state index in [4.69, 9.17) is 9.05 Å². The van der Waals surface area contributed by atoms with Crippen molar-refractivity contribution in [3.8, 4) is 0 Å². The Bertz CT molecular complexity index is 519. The van der Waals surface area contributed by atoms with Crippen molar-refractivity contribution >= 4 is 7.60 Å². The Kier molecular flexibility index (Phi) is 5.09. The second-order valence-electron chi connectivity index (χ2n) is 7.25. The molecule has 0 amide bonds. The van der Waals surface area contributed by atoms with Crippen molar-refractivity contribution in [3.05, 3.63) is 11.1 Å². The van der Waals surface area contributed by atoms with E-state index in [9.17, 15) is 9.67 Å². The van der Waals surface area contributed by atoms with E-state index in [1.165, 1.54) is 24.0 Å². The van der Waals surface area contributed by atoms with Gasteiger partial charge in [0.2, 0.25) is 0 Å². The van der Waals surface area contributed by atoms with Crippen LogP contribution < -0.4 is 0 Å². The number of fused-ring (bicyclic) bond motifs is 3. The van der Waals surface area contributed by atoms with Gasteiger partial charge in [0.15, 0.2) is 5.34 Å². The van der Waals surface area contributed by atoms with Crippen molar-refractivity contribution in [2.75, 3.05) is 13.2 Å². The fraction of sp³-hybridized carbons (Fsp3) is 0.889. The lowest BCUT2D eigenvalue weighted by atomic mass is 9.59. The van der Waals surface area contributed by atoms with Crippen LogP contribution in [0.1, 0.15) is 65.7 Å². The fourth-order valence-electron chi connectivity index (χ4n) is 5.36. The average molecular weight is 342 g/mol. The van der Waals surface area contributed by atoms with E-state index >= 15 is 0 Å². The molecule has 0 aromatic carbocycles. The minimum absolute atomic E-state index is 0.0120. The molecular formula is C18H31O4P. The second kappa shape index (κ2) is 6.63. The third-order valence-electron chi connectivity index (χ3n) is 6.23. The summed E-state index contributed by atoms with van der Waals surface area (Å²) < 4.78 is 24.9. The lowest BCUT2D eigenvalue weighted by Gasteiger charge is -2.55. The number of rotatable bonds is 5. The Morgan fingerprint density at radius 3 is 2.30 bits per heavy atom. The van der Waals surface area contributed by atoms with E-state index in [1.807, 2.05) is 13.8 Å². The summed E-state index contributed by atoms with van der Waals surface area (Å²) in [5.41, 5.74) is 2.91. The summed E-state index contributed by atoms with van der Waals surface area (Å²) in [5, 5.41) is 10.5. The first kappa shape index (κ1) is 17.7. The molecule has 23 heavy (non-hydrogen) atoms. The molecule has 0 heterocycles. The smallest absolute Gasteiger partial charge is 0.362 e. The van der Waals surface area contributed by atoms with E-state index in [0.717, 1.165) is 32.1 Å². The Labute approximate surface area is 140 Å². The van der Waals surface area contributed by atoms with Crippen molar-refractivity contribution in [2.45, 2.75) is 71.1 Å². The Hall–Kier alpha value is -0.150. The molecule has 0 unspecified atom stereocenters. The van der Waals surface area contributed by atoms with Crippen molar-refractivity contribution in [2.24, 2.45) is 17.8 Å². The van der Waals surface area contributed by atoms with Crippen LogP contribution >= 0.6 is 7.60 Å². The molecule has 1 N–H and O–H groups in total. The number of hydrogen-bond acceptors (Lipinski definition) is 4. The quantitative estimate of drug-likeness (QED) is 0.571. The normalized spacial score (nSPS) is 37.7. The molecule has 0 spiro atoms. The van der Waals surface area contributed by atoms with E-state index < -0.39 is 12.9 Å². The third kappa shape index (κ3) is 2.57. The fourth-order valence-corrected chi connectivity index (χ4v) is 7.96. The topological polar surface area (TPSA) is 55.8 Å². The molecule has 132 valence electrons. The van der Waals surface area contributed by atoms with Gasteiger partial charge in [-0.25, -0.2) is 0 Å². The molecule has 3 aliphatic carbocycles. The van der Waals surface area contributed by atoms with Crippen LogP contribution in [0, 0.1) is 17.8 Å². The van der Waals surface area contributed by atoms with Crippen molar-refractivity contribution < 1.29 is 18.7 Å². The van der Waals surface area contributed by atoms with Gasteiger partial charge in [-0.2, -0.15) is 0 Å². The van der Waals surface area contributed by atoms with E-state index in [0.29, 0.717) is 13.2 Å². The molecule has 4 nitrogen and oxygen atoms in total. The van der Waals surface area contributed by atoms with Crippen LogP contribution in [-0.2, 0) is 13.6 Å². The molecule has 0 aromatic heterocycles. The average Bonchev–Trinajstić information content (AvgIpc) is 2.53. The van der Waals surface area contributed by atoms with Crippen LogP contribution in [0.4, 0.5) is 0 Å². The zero-order valence-electron chi connectivity index (χ0n) is 14.7. The molecule has 5 heteroatoms. The lowest BCUT2D eigenvalue weighted by molar-refractivity contribution is -0.0651. The van der Waals surface area contributed by atoms with Crippen molar-refractivity contribution in [1.29, 1.82) is 0 Å². The van der Waals surface area contributed by atoms with Gasteiger partial charge in [-0.3, -0.25) is 4.57 Å². The molecule has 0 aromatic rings. The number of aliphatic hydroxyl groups is 1. The summed E-state index contributed by atoms with van der Waals surface area (Å²) in [4.78, 5) is 0. The maximum Gasteiger partial charge on any atom is 0.362 e. The van der Waals surface area contributed by atoms with Gasteiger partial charge in [0.05, 0.1) is 13.2 Å². The highest BCUT2D eigenvalue weighted by Crippen LogP contribution is 2.72. The number of allylic oxidation sites excluding steroid dienone is 1. The summed E-state index contributed by atoms with van der Waals surface area (Å²) in [6.45, 7) is 6.46. The standard InChI is InChI=1S/C18H31O4P/c1-4-21-23(20,22-5-2)18(19)16-11-8-12-17(18)15-10-7-6-9-14(15)13(16)3/h13,16-17,19H,4-12H2,1-3H3/t13-,16-,17-,18-/m0/s1. The van der Waals surface area contributed by atoms with Crippen LogP contribution in [0.5, 0.6) is 0 Å². The summed E-state index contributed by atoms with van der Waals surface area (Å²) in [6, 6.07) is 0. The first-order chi connectivity index (χ1) is 11.0. The van der Waals surface area contributed by atoms with Gasteiger partial charge in [-0.05, 0) is 58.3 Å². The minimum Gasteiger partial charge on any atom is -0.377 e. The Morgan fingerprint density at radius 2 is 1.70 bits per heavy atom. The highest BCUT2D eigenvalue weighted by Gasteiger charge is 2.65. The summed E-state index contributed by atoms with van der Waals surface area (Å²) in [7, 11) is -3.56. The molecule has 0 aliphatic heterocycles. The summed E-state index contributed by atoms with van der Waals surface area (Å²) in [6.07, 6.45) is 7.52. The van der Waals surface area contributed by atoms with Gasteiger partial charge in [-0.1, -0.05) is 24.5 Å².